The fourth-order valence-corrected chi connectivity index (χ4v) is 9.62. The van der Waals surface area contributed by atoms with Crippen LogP contribution in [-0.4, -0.2) is 19.5 Å². The summed E-state index contributed by atoms with van der Waals surface area (Å²) in [7, 11) is 0. The first kappa shape index (κ1) is 24.0. The third-order valence-electron chi connectivity index (χ3n) is 9.56. The van der Waals surface area contributed by atoms with Crippen molar-refractivity contribution in [3.63, 3.8) is 0 Å². The Balaban J connectivity index is 1.14. The minimum absolute atomic E-state index is 0.0172. The molecule has 0 spiro atoms. The number of hydrogen-bond donors (Lipinski definition) is 0. The molecule has 6 heteroatoms. The van der Waals surface area contributed by atoms with Crippen molar-refractivity contribution in [1.82, 2.24) is 19.5 Å². The van der Waals surface area contributed by atoms with E-state index < -0.39 is 18.1 Å². The van der Waals surface area contributed by atoms with Crippen molar-refractivity contribution in [3.05, 3.63) is 158 Å². The first-order valence-corrected chi connectivity index (χ1v) is 18.2. The molecule has 4 nitrogen and oxygen atoms in total. The Morgan fingerprint density at radius 3 is 1.86 bits per heavy atom. The molecular formula is C45H26N4S2. The van der Waals surface area contributed by atoms with Crippen LogP contribution in [0.5, 0.6) is 0 Å². The third-order valence-corrected chi connectivity index (χ3v) is 11.8. The average molecular weight is 692 g/mol. The number of benzene rings is 7. The molecule has 0 bridgehead atoms. The average Bonchev–Trinajstić information content (AvgIpc) is 3.91. The van der Waals surface area contributed by atoms with E-state index in [1.54, 1.807) is 22.7 Å². The molecule has 11 aromatic rings. The van der Waals surface area contributed by atoms with Crippen molar-refractivity contribution < 1.29 is 6.85 Å². The topological polar surface area (TPSA) is 43.6 Å². The number of rotatable bonds is 4. The van der Waals surface area contributed by atoms with E-state index in [0.717, 1.165) is 58.1 Å². The van der Waals surface area contributed by atoms with Gasteiger partial charge in [0.2, 0.25) is 0 Å². The number of hydrogen-bond acceptors (Lipinski definition) is 5. The normalized spacial score (nSPS) is 13.3. The molecular weight excluding hydrogens is 661 g/mol. The number of aromatic nitrogens is 4. The zero-order valence-electron chi connectivity index (χ0n) is 31.7. The van der Waals surface area contributed by atoms with Gasteiger partial charge in [-0.1, -0.05) is 115 Å². The molecule has 0 aliphatic carbocycles. The van der Waals surface area contributed by atoms with Gasteiger partial charge in [0.1, 0.15) is 0 Å². The van der Waals surface area contributed by atoms with Gasteiger partial charge < -0.3 is 4.57 Å². The molecule has 0 amide bonds. The lowest BCUT2D eigenvalue weighted by molar-refractivity contribution is 1.08. The molecule has 0 aliphatic heterocycles. The number of para-hydroxylation sites is 2. The van der Waals surface area contributed by atoms with E-state index >= 15 is 0 Å². The summed E-state index contributed by atoms with van der Waals surface area (Å²) in [4.78, 5) is 14.8. The van der Waals surface area contributed by atoms with Crippen LogP contribution in [0, 0.1) is 0 Å². The van der Waals surface area contributed by atoms with Crippen LogP contribution in [-0.2, 0) is 0 Å². The highest BCUT2D eigenvalue weighted by Gasteiger charge is 2.19. The van der Waals surface area contributed by atoms with Crippen LogP contribution >= 0.6 is 22.7 Å². The fourth-order valence-electron chi connectivity index (χ4n) is 7.30. The van der Waals surface area contributed by atoms with Crippen molar-refractivity contribution in [2.24, 2.45) is 0 Å². The van der Waals surface area contributed by atoms with Gasteiger partial charge >= 0.3 is 0 Å². The molecule has 4 heterocycles. The van der Waals surface area contributed by atoms with Crippen LogP contribution in [0.3, 0.4) is 0 Å². The zero-order chi connectivity index (χ0) is 37.8. The second kappa shape index (κ2) is 11.2. The van der Waals surface area contributed by atoms with E-state index in [4.69, 9.17) is 21.8 Å². The molecule has 0 saturated heterocycles. The maximum atomic E-state index is 8.82. The molecule has 0 fully saturated rings. The minimum Gasteiger partial charge on any atom is -0.309 e. The van der Waals surface area contributed by atoms with Crippen LogP contribution in [0.25, 0.3) is 102 Å². The van der Waals surface area contributed by atoms with Crippen LogP contribution in [0.4, 0.5) is 0 Å². The lowest BCUT2D eigenvalue weighted by Crippen LogP contribution is -2.00. The highest BCUT2D eigenvalue weighted by molar-refractivity contribution is 7.26. The highest BCUT2D eigenvalue weighted by Crippen LogP contribution is 2.42. The molecule has 0 atom stereocenters. The van der Waals surface area contributed by atoms with Gasteiger partial charge in [0.05, 0.1) is 17.9 Å². The number of nitrogens with zero attached hydrogens (tertiary/aromatic N) is 4. The molecule has 0 saturated carbocycles. The minimum atomic E-state index is -0.469. The summed E-state index contributed by atoms with van der Waals surface area (Å²) in [6.45, 7) is 0. The van der Waals surface area contributed by atoms with Gasteiger partial charge in [0, 0.05) is 73.5 Å². The van der Waals surface area contributed by atoms with Crippen LogP contribution in [0.15, 0.2) is 158 Å². The van der Waals surface area contributed by atoms with Gasteiger partial charge in [-0.25, -0.2) is 15.0 Å². The number of fused-ring (bicyclic) bond motifs is 9. The van der Waals surface area contributed by atoms with Crippen molar-refractivity contribution in [2.45, 2.75) is 0 Å². The predicted octanol–water partition coefficient (Wildman–Crippen LogP) is 12.7. The maximum absolute atomic E-state index is 8.82. The van der Waals surface area contributed by atoms with E-state index in [2.05, 4.69) is 102 Å². The quantitative estimate of drug-likeness (QED) is 0.184. The third kappa shape index (κ3) is 4.47. The largest absolute Gasteiger partial charge is 0.309 e. The molecule has 51 heavy (non-hydrogen) atoms. The van der Waals surface area contributed by atoms with Crippen LogP contribution in [0.2, 0.25) is 0 Å². The Morgan fingerprint density at radius 1 is 0.451 bits per heavy atom. The van der Waals surface area contributed by atoms with E-state index in [-0.39, 0.29) is 23.5 Å². The first-order chi connectivity index (χ1) is 27.3. The van der Waals surface area contributed by atoms with Gasteiger partial charge in [0.15, 0.2) is 17.5 Å². The summed E-state index contributed by atoms with van der Waals surface area (Å²) >= 11 is 3.38. The van der Waals surface area contributed by atoms with Crippen LogP contribution in [0.1, 0.15) is 6.85 Å². The van der Waals surface area contributed by atoms with E-state index in [1.807, 2.05) is 30.3 Å². The maximum Gasteiger partial charge on any atom is 0.164 e. The Hall–Kier alpha value is -6.21. The standard InChI is InChI=1S/C45H26N4S2/c1-2-11-27(12-3-1)43-46-44(28-21-23-33-32-15-6-9-19-38(32)50-40(33)25-28)48-45(47-43)35-16-10-20-39-42(35)34-24-22-29(26-41(34)51-39)49-36-17-7-4-13-30(36)31-14-5-8-18-37(31)49/h1-26H/i1D,2D,3D,11D,12D. The van der Waals surface area contributed by atoms with Crippen LogP contribution < -0.4 is 0 Å². The second-order valence-corrected chi connectivity index (χ2v) is 14.6. The highest BCUT2D eigenvalue weighted by atomic mass is 32.1. The van der Waals surface area contributed by atoms with Crippen molar-refractivity contribution in [1.29, 1.82) is 0 Å². The SMILES string of the molecule is [2H]c1c([2H])c([2H])c(-c2nc(-c3ccc4c(c3)sc3ccccc34)nc(-c3cccc4sc5cc(-n6c7ccccc7c7ccccc76)ccc5c34)n2)c([2H])c1[2H]. The summed E-state index contributed by atoms with van der Waals surface area (Å²) in [5.74, 6) is 0.718. The predicted molar refractivity (Wildman–Crippen MR) is 216 cm³/mol. The Morgan fingerprint density at radius 2 is 1.06 bits per heavy atom. The van der Waals surface area contributed by atoms with E-state index in [0.29, 0.717) is 11.6 Å². The zero-order valence-corrected chi connectivity index (χ0v) is 28.4. The lowest BCUT2D eigenvalue weighted by Gasteiger charge is -2.10. The molecule has 0 N–H and O–H groups in total. The molecule has 11 rings (SSSR count). The summed E-state index contributed by atoms with van der Waals surface area (Å²) in [5, 5.41) is 6.73. The fraction of sp³-hybridized carbons (Fsp3) is 0. The Kier molecular flexibility index (Phi) is 5.25. The van der Waals surface area contributed by atoms with Gasteiger partial charge in [-0.05, 0) is 42.5 Å². The van der Waals surface area contributed by atoms with E-state index in [1.165, 1.54) is 20.9 Å². The summed E-state index contributed by atoms with van der Waals surface area (Å²) in [5.41, 5.74) is 4.77. The van der Waals surface area contributed by atoms with Crippen molar-refractivity contribution in [3.8, 4) is 39.9 Å². The first-order valence-electron chi connectivity index (χ1n) is 19.0. The molecule has 4 aromatic heterocycles. The summed E-state index contributed by atoms with van der Waals surface area (Å²) in [6.07, 6.45) is 0. The molecule has 0 radical (unpaired) electrons. The Labute approximate surface area is 307 Å². The van der Waals surface area contributed by atoms with Gasteiger partial charge in [-0.3, -0.25) is 0 Å². The van der Waals surface area contributed by atoms with Gasteiger partial charge in [-0.2, -0.15) is 0 Å². The Bertz CT molecular complexity index is 3380. The van der Waals surface area contributed by atoms with Crippen molar-refractivity contribution in [2.75, 3.05) is 0 Å². The number of thiophene rings is 2. The second-order valence-electron chi connectivity index (χ2n) is 12.4. The molecule has 238 valence electrons. The lowest BCUT2D eigenvalue weighted by atomic mass is 10.0. The summed E-state index contributed by atoms with van der Waals surface area (Å²) < 4.78 is 49.4. The smallest absolute Gasteiger partial charge is 0.164 e. The summed E-state index contributed by atoms with van der Waals surface area (Å²) in [6, 6.07) is 41.9. The monoisotopic (exact) mass is 691 g/mol. The molecule has 7 aromatic carbocycles. The molecule has 0 unspecified atom stereocenters. The van der Waals surface area contributed by atoms with Crippen molar-refractivity contribution >= 4 is 84.8 Å². The van der Waals surface area contributed by atoms with Gasteiger partial charge in [-0.15, -0.1) is 22.7 Å². The van der Waals surface area contributed by atoms with Gasteiger partial charge in [0.25, 0.3) is 0 Å². The molecule has 0 aliphatic rings. The van der Waals surface area contributed by atoms with E-state index in [9.17, 15) is 0 Å².